The van der Waals surface area contributed by atoms with Crippen LogP contribution in [0.3, 0.4) is 0 Å². The zero-order valence-corrected chi connectivity index (χ0v) is 15.9. The summed E-state index contributed by atoms with van der Waals surface area (Å²) in [5, 5.41) is 0. The number of halogens is 4. The molecule has 0 unspecified atom stereocenters. The summed E-state index contributed by atoms with van der Waals surface area (Å²) in [6, 6.07) is 6.29. The van der Waals surface area contributed by atoms with E-state index in [-0.39, 0.29) is 42.0 Å². The molecule has 0 saturated carbocycles. The first-order valence-electron chi connectivity index (χ1n) is 9.06. The van der Waals surface area contributed by atoms with Crippen LogP contribution in [0.5, 0.6) is 0 Å². The lowest BCUT2D eigenvalue weighted by Gasteiger charge is -2.29. The molecule has 0 aliphatic carbocycles. The summed E-state index contributed by atoms with van der Waals surface area (Å²) in [5.41, 5.74) is 0.730. The van der Waals surface area contributed by atoms with Crippen LogP contribution in [0, 0.1) is 23.3 Å². The Hall–Kier alpha value is -3.42. The number of benzene rings is 2. The molecule has 1 saturated heterocycles. The number of likely N-dealkylation sites (tertiary alicyclic amines) is 1. The first-order chi connectivity index (χ1) is 14.3. The van der Waals surface area contributed by atoms with Crippen LogP contribution in [0.2, 0.25) is 0 Å². The number of carbonyl (C=O) groups excluding carboxylic acids is 2. The molecule has 0 N–H and O–H groups in total. The molecule has 3 rings (SSSR count). The lowest BCUT2D eigenvalue weighted by Crippen LogP contribution is -2.41. The Morgan fingerprint density at radius 3 is 1.77 bits per heavy atom. The van der Waals surface area contributed by atoms with Gasteiger partial charge in [-0.1, -0.05) is 12.1 Å². The minimum Gasteiger partial charge on any atom is -0.450 e. The van der Waals surface area contributed by atoms with Gasteiger partial charge in [0.25, 0.3) is 0 Å². The van der Waals surface area contributed by atoms with Gasteiger partial charge in [0.15, 0.2) is 29.1 Å². The van der Waals surface area contributed by atoms with Crippen molar-refractivity contribution < 1.29 is 31.9 Å². The van der Waals surface area contributed by atoms with Crippen molar-refractivity contribution in [2.75, 3.05) is 19.7 Å². The number of Topliss-reactive ketones (excluding diaryl/α,β-unsaturated/α-hetero) is 1. The van der Waals surface area contributed by atoms with Crippen LogP contribution >= 0.6 is 0 Å². The monoisotopic (exact) mass is 419 g/mol. The number of nitrogens with zero attached hydrogens (tertiary/aromatic N) is 1. The molecule has 156 valence electrons. The Balaban J connectivity index is 2.01. The number of rotatable bonds is 3. The van der Waals surface area contributed by atoms with E-state index in [9.17, 15) is 27.2 Å². The van der Waals surface area contributed by atoms with Gasteiger partial charge in [0.05, 0.1) is 19.7 Å². The number of ether oxygens (including phenoxy) is 1. The van der Waals surface area contributed by atoms with Gasteiger partial charge in [0, 0.05) is 11.1 Å². The van der Waals surface area contributed by atoms with Crippen molar-refractivity contribution >= 4 is 24.0 Å². The summed E-state index contributed by atoms with van der Waals surface area (Å²) in [7, 11) is 0. The first kappa shape index (κ1) is 21.3. The quantitative estimate of drug-likeness (QED) is 0.533. The lowest BCUT2D eigenvalue weighted by atomic mass is 9.94. The third-order valence-electron chi connectivity index (χ3n) is 4.40. The van der Waals surface area contributed by atoms with Crippen LogP contribution in [-0.4, -0.2) is 36.5 Å². The average Bonchev–Trinajstić information content (AvgIpc) is 2.70. The molecular formula is C22H17F4NO3. The summed E-state index contributed by atoms with van der Waals surface area (Å²) in [6.07, 6.45) is 2.02. The molecule has 2 aromatic carbocycles. The minimum atomic E-state index is -1.08. The van der Waals surface area contributed by atoms with Gasteiger partial charge in [-0.05, 0) is 54.5 Å². The summed E-state index contributed by atoms with van der Waals surface area (Å²) >= 11 is 0. The first-order valence-corrected chi connectivity index (χ1v) is 9.06. The van der Waals surface area contributed by atoms with Gasteiger partial charge in [0.2, 0.25) is 0 Å². The molecule has 4 nitrogen and oxygen atoms in total. The molecular weight excluding hydrogens is 402 g/mol. The van der Waals surface area contributed by atoms with E-state index < -0.39 is 35.1 Å². The standard InChI is InChI=1S/C22H17F4NO3/c1-2-30-22(29)27-11-15(7-13-3-5-17(23)19(25)9-13)21(28)16(12-27)8-14-4-6-18(24)20(26)10-14/h3-10H,2,11-12H2,1H3/b15-7-,16-8-. The fraction of sp³-hybridized carbons (Fsp3) is 0.182. The number of ketones is 1. The van der Waals surface area contributed by atoms with Crippen molar-refractivity contribution in [3.05, 3.63) is 81.9 Å². The highest BCUT2D eigenvalue weighted by atomic mass is 19.2. The average molecular weight is 419 g/mol. The van der Waals surface area contributed by atoms with Crippen LogP contribution in [0.4, 0.5) is 22.4 Å². The summed E-state index contributed by atoms with van der Waals surface area (Å²) in [6.45, 7) is 1.54. The highest BCUT2D eigenvalue weighted by molar-refractivity contribution is 6.15. The molecule has 30 heavy (non-hydrogen) atoms. The van der Waals surface area contributed by atoms with Gasteiger partial charge in [-0.25, -0.2) is 22.4 Å². The zero-order valence-electron chi connectivity index (χ0n) is 15.9. The van der Waals surface area contributed by atoms with Crippen LogP contribution in [-0.2, 0) is 9.53 Å². The Labute approximate surface area is 170 Å². The van der Waals surface area contributed by atoms with E-state index in [4.69, 9.17) is 4.74 Å². The fourth-order valence-electron chi connectivity index (χ4n) is 2.99. The molecule has 0 atom stereocenters. The molecule has 1 aliphatic heterocycles. The van der Waals surface area contributed by atoms with E-state index in [0.29, 0.717) is 0 Å². The summed E-state index contributed by atoms with van der Waals surface area (Å²) in [4.78, 5) is 26.4. The molecule has 1 aliphatic rings. The molecule has 0 aromatic heterocycles. The molecule has 2 aromatic rings. The zero-order chi connectivity index (χ0) is 21.8. The highest BCUT2D eigenvalue weighted by Crippen LogP contribution is 2.24. The van der Waals surface area contributed by atoms with Gasteiger partial charge in [-0.2, -0.15) is 0 Å². The largest absolute Gasteiger partial charge is 0.450 e. The van der Waals surface area contributed by atoms with Crippen LogP contribution in [0.15, 0.2) is 47.5 Å². The van der Waals surface area contributed by atoms with Crippen LogP contribution in [0.25, 0.3) is 12.2 Å². The third kappa shape index (κ3) is 4.76. The normalized spacial score (nSPS) is 17.0. The number of hydrogen-bond acceptors (Lipinski definition) is 3. The van der Waals surface area contributed by atoms with Crippen molar-refractivity contribution in [1.29, 1.82) is 0 Å². The number of amides is 1. The molecule has 1 heterocycles. The third-order valence-corrected chi connectivity index (χ3v) is 4.40. The van der Waals surface area contributed by atoms with Crippen molar-refractivity contribution in [2.24, 2.45) is 0 Å². The Bertz CT molecular complexity index is 989. The predicted molar refractivity (Wildman–Crippen MR) is 102 cm³/mol. The van der Waals surface area contributed by atoms with Crippen LogP contribution < -0.4 is 0 Å². The number of carbonyl (C=O) groups is 2. The predicted octanol–water partition coefficient (Wildman–Crippen LogP) is 4.75. The van der Waals surface area contributed by atoms with E-state index in [1.807, 2.05) is 0 Å². The van der Waals surface area contributed by atoms with Gasteiger partial charge >= 0.3 is 6.09 Å². The van der Waals surface area contributed by atoms with Gasteiger partial charge in [-0.15, -0.1) is 0 Å². The molecule has 0 radical (unpaired) electrons. The van der Waals surface area contributed by atoms with Crippen molar-refractivity contribution in [3.63, 3.8) is 0 Å². The second kappa shape index (κ2) is 8.94. The summed E-state index contributed by atoms with van der Waals surface area (Å²) < 4.78 is 58.4. The SMILES string of the molecule is CCOC(=O)N1C/C(=C/c2ccc(F)c(F)c2)C(=O)/C(=C\c2ccc(F)c(F)c2)C1. The van der Waals surface area contributed by atoms with Crippen molar-refractivity contribution in [1.82, 2.24) is 4.90 Å². The fourth-order valence-corrected chi connectivity index (χ4v) is 2.99. The maximum absolute atomic E-state index is 13.5. The Morgan fingerprint density at radius 2 is 1.37 bits per heavy atom. The minimum absolute atomic E-state index is 0.105. The van der Waals surface area contributed by atoms with E-state index in [1.54, 1.807) is 6.92 Å². The second-order valence-electron chi connectivity index (χ2n) is 6.57. The second-order valence-corrected chi connectivity index (χ2v) is 6.57. The maximum atomic E-state index is 13.5. The van der Waals surface area contributed by atoms with Gasteiger partial charge < -0.3 is 4.74 Å². The Morgan fingerprint density at radius 1 is 0.900 bits per heavy atom. The Kier molecular flexibility index (Phi) is 6.34. The molecule has 8 heteroatoms. The molecule has 0 bridgehead atoms. The smallest absolute Gasteiger partial charge is 0.410 e. The number of piperidine rings is 1. The van der Waals surface area contributed by atoms with Gasteiger partial charge in [-0.3, -0.25) is 9.69 Å². The van der Waals surface area contributed by atoms with Gasteiger partial charge in [0.1, 0.15) is 0 Å². The molecule has 1 amide bonds. The van der Waals surface area contributed by atoms with Crippen molar-refractivity contribution in [3.8, 4) is 0 Å². The van der Waals surface area contributed by atoms with E-state index in [1.165, 1.54) is 29.2 Å². The van der Waals surface area contributed by atoms with E-state index >= 15 is 0 Å². The highest BCUT2D eigenvalue weighted by Gasteiger charge is 2.30. The summed E-state index contributed by atoms with van der Waals surface area (Å²) in [5.74, 6) is -4.66. The number of hydrogen-bond donors (Lipinski definition) is 0. The van der Waals surface area contributed by atoms with Crippen LogP contribution in [0.1, 0.15) is 18.1 Å². The topological polar surface area (TPSA) is 46.6 Å². The van der Waals surface area contributed by atoms with Crippen molar-refractivity contribution in [2.45, 2.75) is 6.92 Å². The maximum Gasteiger partial charge on any atom is 0.410 e. The molecule has 0 spiro atoms. The lowest BCUT2D eigenvalue weighted by molar-refractivity contribution is -0.113. The van der Waals surface area contributed by atoms with E-state index in [2.05, 4.69) is 0 Å². The van der Waals surface area contributed by atoms with E-state index in [0.717, 1.165) is 24.3 Å². The molecule has 1 fully saturated rings.